The van der Waals surface area contributed by atoms with Crippen LogP contribution in [0.1, 0.15) is 0 Å². The van der Waals surface area contributed by atoms with Crippen LogP contribution >= 0.6 is 0 Å². The summed E-state index contributed by atoms with van der Waals surface area (Å²) in [5, 5.41) is 2.20. The molecule has 0 unspecified atom stereocenters. The molecule has 0 saturated carbocycles. The van der Waals surface area contributed by atoms with Crippen molar-refractivity contribution in [1.29, 1.82) is 0 Å². The van der Waals surface area contributed by atoms with Crippen molar-refractivity contribution in [2.75, 3.05) is 0 Å². The maximum atomic E-state index is 6.54. The molecule has 0 aliphatic carbocycles. The number of furan rings is 1. The van der Waals surface area contributed by atoms with Crippen molar-refractivity contribution in [3.63, 3.8) is 0 Å². The minimum absolute atomic E-state index is 0.654. The lowest BCUT2D eigenvalue weighted by Gasteiger charge is -2.14. The largest absolute Gasteiger partial charge is 0.455 e. The Bertz CT molecular complexity index is 2950. The fourth-order valence-corrected chi connectivity index (χ4v) is 7.41. The summed E-state index contributed by atoms with van der Waals surface area (Å²) < 4.78 is 6.54. The smallest absolute Gasteiger partial charge is 0.160 e. The molecular formula is C51H33N3O. The van der Waals surface area contributed by atoms with Gasteiger partial charge < -0.3 is 4.42 Å². The Kier molecular flexibility index (Phi) is 8.12. The molecule has 0 saturated heterocycles. The Hall–Kier alpha value is -7.43. The second-order valence-corrected chi connectivity index (χ2v) is 13.7. The van der Waals surface area contributed by atoms with Gasteiger partial charge in [-0.15, -0.1) is 0 Å². The molecule has 0 aliphatic heterocycles. The Morgan fingerprint density at radius 1 is 0.345 bits per heavy atom. The molecule has 0 N–H and O–H groups in total. The van der Waals surface area contributed by atoms with Crippen molar-refractivity contribution in [2.24, 2.45) is 0 Å². The summed E-state index contributed by atoms with van der Waals surface area (Å²) in [7, 11) is 0. The first-order valence-corrected chi connectivity index (χ1v) is 18.4. The first kappa shape index (κ1) is 32.2. The van der Waals surface area contributed by atoms with Gasteiger partial charge in [-0.3, -0.25) is 4.98 Å². The van der Waals surface area contributed by atoms with Crippen molar-refractivity contribution < 1.29 is 4.42 Å². The molecule has 4 nitrogen and oxygen atoms in total. The number of rotatable bonds is 7. The van der Waals surface area contributed by atoms with Crippen LogP contribution in [0.25, 0.3) is 100 Å². The Morgan fingerprint density at radius 3 is 1.69 bits per heavy atom. The van der Waals surface area contributed by atoms with E-state index in [4.69, 9.17) is 14.4 Å². The molecule has 3 aromatic heterocycles. The van der Waals surface area contributed by atoms with Crippen LogP contribution in [-0.2, 0) is 0 Å². The second kappa shape index (κ2) is 13.8. The third-order valence-corrected chi connectivity index (χ3v) is 10.2. The fraction of sp³-hybridized carbons (Fsp3) is 0. The van der Waals surface area contributed by atoms with Gasteiger partial charge in [0.25, 0.3) is 0 Å². The first-order chi connectivity index (χ1) is 27.2. The van der Waals surface area contributed by atoms with E-state index < -0.39 is 0 Å². The monoisotopic (exact) mass is 703 g/mol. The van der Waals surface area contributed by atoms with Gasteiger partial charge in [-0.2, -0.15) is 0 Å². The highest BCUT2D eigenvalue weighted by Gasteiger charge is 2.17. The van der Waals surface area contributed by atoms with Gasteiger partial charge in [-0.1, -0.05) is 146 Å². The number of fused-ring (bicyclic) bond motifs is 3. The van der Waals surface area contributed by atoms with E-state index in [0.29, 0.717) is 5.82 Å². The zero-order chi connectivity index (χ0) is 36.6. The van der Waals surface area contributed by atoms with Crippen LogP contribution in [-0.4, -0.2) is 15.0 Å². The van der Waals surface area contributed by atoms with Crippen molar-refractivity contribution >= 4 is 21.9 Å². The molecule has 0 radical (unpaired) electrons. The molecule has 0 atom stereocenters. The lowest BCUT2D eigenvalue weighted by molar-refractivity contribution is 0.670. The molecular weight excluding hydrogens is 671 g/mol. The highest BCUT2D eigenvalue weighted by atomic mass is 16.3. The van der Waals surface area contributed by atoms with Gasteiger partial charge in [0, 0.05) is 45.4 Å². The molecule has 4 heteroatoms. The highest BCUT2D eigenvalue weighted by Crippen LogP contribution is 2.40. The van der Waals surface area contributed by atoms with Gasteiger partial charge >= 0.3 is 0 Å². The van der Waals surface area contributed by atoms with Crippen LogP contribution in [0.4, 0.5) is 0 Å². The van der Waals surface area contributed by atoms with Crippen LogP contribution in [0.5, 0.6) is 0 Å². The molecule has 0 amide bonds. The zero-order valence-electron chi connectivity index (χ0n) is 29.8. The lowest BCUT2D eigenvalue weighted by Crippen LogP contribution is -1.97. The van der Waals surface area contributed by atoms with Gasteiger partial charge in [-0.05, 0) is 81.4 Å². The molecule has 0 bridgehead atoms. The van der Waals surface area contributed by atoms with Crippen molar-refractivity contribution in [1.82, 2.24) is 15.0 Å². The number of pyridine rings is 1. The van der Waals surface area contributed by atoms with E-state index in [1.54, 1.807) is 6.20 Å². The predicted molar refractivity (Wildman–Crippen MR) is 225 cm³/mol. The summed E-state index contributed by atoms with van der Waals surface area (Å²) in [5.41, 5.74) is 15.1. The van der Waals surface area contributed by atoms with Crippen molar-refractivity contribution in [2.45, 2.75) is 0 Å². The lowest BCUT2D eigenvalue weighted by atomic mass is 9.93. The Balaban J connectivity index is 1.18. The standard InChI is InChI=1S/C51H33N3O/c1-3-12-34(13-4-1)38-16-9-17-39(28-38)47-32-48(54-51(53-47)37-25-23-36(24-26-37)40-18-11-27-52-33-40)43-30-41(35-14-5-2-6-15-35)29-42(31-43)44-20-10-21-46-45-19-7-8-22-49(45)55-50(44)46/h1-33H. The molecule has 0 aliphatic rings. The minimum Gasteiger partial charge on any atom is -0.455 e. The zero-order valence-corrected chi connectivity index (χ0v) is 29.8. The number of hydrogen-bond acceptors (Lipinski definition) is 4. The molecule has 3 heterocycles. The normalized spacial score (nSPS) is 11.3. The summed E-state index contributed by atoms with van der Waals surface area (Å²) in [4.78, 5) is 14.8. The average Bonchev–Trinajstić information content (AvgIpc) is 3.66. The van der Waals surface area contributed by atoms with Crippen LogP contribution in [0.15, 0.2) is 205 Å². The molecule has 7 aromatic carbocycles. The van der Waals surface area contributed by atoms with Crippen LogP contribution in [0, 0.1) is 0 Å². The van der Waals surface area contributed by atoms with Gasteiger partial charge in [-0.25, -0.2) is 9.97 Å². The summed E-state index contributed by atoms with van der Waals surface area (Å²) in [5.74, 6) is 0.654. The quantitative estimate of drug-likeness (QED) is 0.166. The maximum Gasteiger partial charge on any atom is 0.160 e. The molecule has 0 spiro atoms. The maximum absolute atomic E-state index is 6.54. The third-order valence-electron chi connectivity index (χ3n) is 10.2. The first-order valence-electron chi connectivity index (χ1n) is 18.4. The van der Waals surface area contributed by atoms with Gasteiger partial charge in [0.1, 0.15) is 11.2 Å². The Morgan fingerprint density at radius 2 is 0.909 bits per heavy atom. The van der Waals surface area contributed by atoms with E-state index in [1.807, 2.05) is 30.5 Å². The Labute approximate surface area is 319 Å². The third kappa shape index (κ3) is 6.26. The number of para-hydroxylation sites is 2. The summed E-state index contributed by atoms with van der Waals surface area (Å²) in [6.45, 7) is 0. The van der Waals surface area contributed by atoms with E-state index >= 15 is 0 Å². The number of aromatic nitrogens is 3. The topological polar surface area (TPSA) is 51.8 Å². The summed E-state index contributed by atoms with van der Waals surface area (Å²) in [6.07, 6.45) is 3.67. The molecule has 55 heavy (non-hydrogen) atoms. The minimum atomic E-state index is 0.654. The molecule has 258 valence electrons. The van der Waals surface area contributed by atoms with E-state index in [-0.39, 0.29) is 0 Å². The van der Waals surface area contributed by atoms with Gasteiger partial charge in [0.15, 0.2) is 5.82 Å². The van der Waals surface area contributed by atoms with E-state index in [1.165, 1.54) is 0 Å². The molecule has 10 rings (SSSR count). The SMILES string of the molecule is c1ccc(-c2cccc(-c3cc(-c4cc(-c5ccccc5)cc(-c5cccc6c5oc5ccccc56)c4)nc(-c4ccc(-c5cccnc5)cc4)n3)c2)cc1. The van der Waals surface area contributed by atoms with Crippen LogP contribution < -0.4 is 0 Å². The average molecular weight is 704 g/mol. The van der Waals surface area contributed by atoms with Crippen LogP contribution in [0.3, 0.4) is 0 Å². The predicted octanol–water partition coefficient (Wildman–Crippen LogP) is 13.4. The summed E-state index contributed by atoms with van der Waals surface area (Å²) in [6, 6.07) is 65.5. The molecule has 10 aromatic rings. The summed E-state index contributed by atoms with van der Waals surface area (Å²) >= 11 is 0. The number of hydrogen-bond donors (Lipinski definition) is 0. The fourth-order valence-electron chi connectivity index (χ4n) is 7.41. The van der Waals surface area contributed by atoms with Crippen LogP contribution in [0.2, 0.25) is 0 Å². The van der Waals surface area contributed by atoms with E-state index in [0.717, 1.165) is 94.5 Å². The van der Waals surface area contributed by atoms with Gasteiger partial charge in [0.05, 0.1) is 11.4 Å². The van der Waals surface area contributed by atoms with Crippen molar-refractivity contribution in [3.05, 3.63) is 200 Å². The second-order valence-electron chi connectivity index (χ2n) is 13.7. The van der Waals surface area contributed by atoms with E-state index in [9.17, 15) is 0 Å². The number of benzene rings is 7. The van der Waals surface area contributed by atoms with Gasteiger partial charge in [0.2, 0.25) is 0 Å². The number of nitrogens with zero attached hydrogens (tertiary/aromatic N) is 3. The van der Waals surface area contributed by atoms with E-state index in [2.05, 4.69) is 169 Å². The molecule has 0 fully saturated rings. The van der Waals surface area contributed by atoms with Crippen molar-refractivity contribution in [3.8, 4) is 78.4 Å². The highest BCUT2D eigenvalue weighted by molar-refractivity contribution is 6.09.